The first-order valence-corrected chi connectivity index (χ1v) is 7.20. The first kappa shape index (κ1) is 14.7. The van der Waals surface area contributed by atoms with Gasteiger partial charge in [-0.2, -0.15) is 13.8 Å². The number of hydrogen-bond donors (Lipinski definition) is 4. The summed E-state index contributed by atoms with van der Waals surface area (Å²) in [7, 11) is 0. The number of hydrazone groups is 1. The summed E-state index contributed by atoms with van der Waals surface area (Å²) in [5, 5.41) is 25.1. The van der Waals surface area contributed by atoms with E-state index in [4.69, 9.17) is 0 Å². The van der Waals surface area contributed by atoms with Crippen molar-refractivity contribution < 1.29 is 15.0 Å². The predicted octanol–water partition coefficient (Wildman–Crippen LogP) is 2.26. The molecule has 2 amide bonds. The molecule has 116 valence electrons. The van der Waals surface area contributed by atoms with Gasteiger partial charge in [-0.05, 0) is 24.3 Å². The highest BCUT2D eigenvalue weighted by Gasteiger charge is 2.07. The Balaban J connectivity index is 1.65. The molecule has 3 aromatic rings. The van der Waals surface area contributed by atoms with Crippen molar-refractivity contribution in [3.05, 3.63) is 42.0 Å². The topological polar surface area (TPSA) is 120 Å². The molecule has 0 aliphatic heterocycles. The zero-order chi connectivity index (χ0) is 16.2. The highest BCUT2D eigenvalue weighted by molar-refractivity contribution is 7.00. The van der Waals surface area contributed by atoms with E-state index in [2.05, 4.69) is 24.6 Å². The van der Waals surface area contributed by atoms with Crippen LogP contribution in [0, 0.1) is 0 Å². The number of nitrogens with one attached hydrogen (secondary N) is 2. The lowest BCUT2D eigenvalue weighted by Gasteiger charge is -2.04. The summed E-state index contributed by atoms with van der Waals surface area (Å²) in [5.74, 6) is -0.204. The smallest absolute Gasteiger partial charge is 0.339 e. The van der Waals surface area contributed by atoms with Crippen LogP contribution in [0.15, 0.2) is 41.5 Å². The molecule has 9 heteroatoms. The minimum Gasteiger partial charge on any atom is -0.508 e. The Bertz CT molecular complexity index is 893. The Morgan fingerprint density at radius 3 is 2.91 bits per heavy atom. The molecular formula is C14H11N5O3S. The van der Waals surface area contributed by atoms with Crippen molar-refractivity contribution in [3.8, 4) is 11.5 Å². The highest BCUT2D eigenvalue weighted by atomic mass is 32.1. The van der Waals surface area contributed by atoms with E-state index in [1.54, 1.807) is 18.2 Å². The van der Waals surface area contributed by atoms with Gasteiger partial charge in [-0.3, -0.25) is 0 Å². The fourth-order valence-electron chi connectivity index (χ4n) is 1.86. The van der Waals surface area contributed by atoms with Crippen LogP contribution in [0.2, 0.25) is 0 Å². The molecule has 0 saturated carbocycles. The van der Waals surface area contributed by atoms with E-state index in [0.29, 0.717) is 22.3 Å². The SMILES string of the molecule is O=C(N/N=C/c1ccc(O)cc1O)Nc1cccc2nsnc12. The molecule has 1 aromatic heterocycles. The third kappa shape index (κ3) is 3.35. The number of rotatable bonds is 3. The van der Waals surface area contributed by atoms with Crippen molar-refractivity contribution in [1.82, 2.24) is 14.2 Å². The van der Waals surface area contributed by atoms with Crippen LogP contribution in [0.3, 0.4) is 0 Å². The second kappa shape index (κ2) is 6.28. The third-order valence-corrected chi connectivity index (χ3v) is 3.46. The zero-order valence-electron chi connectivity index (χ0n) is 11.6. The lowest BCUT2D eigenvalue weighted by molar-refractivity contribution is 0.252. The van der Waals surface area contributed by atoms with E-state index in [0.717, 1.165) is 11.7 Å². The van der Waals surface area contributed by atoms with Gasteiger partial charge in [-0.1, -0.05) is 6.07 Å². The molecule has 0 saturated heterocycles. The van der Waals surface area contributed by atoms with Crippen LogP contribution in [-0.4, -0.2) is 31.2 Å². The molecule has 2 aromatic carbocycles. The van der Waals surface area contributed by atoms with Gasteiger partial charge in [-0.15, -0.1) is 0 Å². The van der Waals surface area contributed by atoms with Crippen molar-refractivity contribution >= 4 is 40.7 Å². The maximum atomic E-state index is 11.8. The monoisotopic (exact) mass is 329 g/mol. The molecule has 0 radical (unpaired) electrons. The summed E-state index contributed by atoms with van der Waals surface area (Å²) in [6, 6.07) is 8.76. The van der Waals surface area contributed by atoms with Gasteiger partial charge in [0.05, 0.1) is 23.6 Å². The number of aromatic hydroxyl groups is 2. The lowest BCUT2D eigenvalue weighted by atomic mass is 10.2. The Kier molecular flexibility index (Phi) is 4.02. The number of fused-ring (bicyclic) bond motifs is 1. The fraction of sp³-hybridized carbons (Fsp3) is 0. The minimum atomic E-state index is -0.556. The number of nitrogens with zero attached hydrogens (tertiary/aromatic N) is 3. The van der Waals surface area contributed by atoms with E-state index in [1.807, 2.05) is 0 Å². The van der Waals surface area contributed by atoms with Gasteiger partial charge in [0.1, 0.15) is 22.5 Å². The Morgan fingerprint density at radius 1 is 1.22 bits per heavy atom. The Morgan fingerprint density at radius 2 is 2.09 bits per heavy atom. The van der Waals surface area contributed by atoms with E-state index in [-0.39, 0.29) is 11.5 Å². The number of phenolic OH excluding ortho intramolecular Hbond substituents is 2. The summed E-state index contributed by atoms with van der Waals surface area (Å²) in [5.41, 5.74) is 4.46. The molecule has 0 atom stereocenters. The molecular weight excluding hydrogens is 318 g/mol. The first-order valence-electron chi connectivity index (χ1n) is 6.47. The molecule has 4 N–H and O–H groups in total. The molecule has 0 unspecified atom stereocenters. The molecule has 0 aliphatic carbocycles. The minimum absolute atomic E-state index is 0.0599. The molecule has 23 heavy (non-hydrogen) atoms. The van der Waals surface area contributed by atoms with Gasteiger partial charge in [0.25, 0.3) is 0 Å². The summed E-state index contributed by atoms with van der Waals surface area (Å²) < 4.78 is 8.20. The van der Waals surface area contributed by atoms with Crippen molar-refractivity contribution in [2.24, 2.45) is 5.10 Å². The lowest BCUT2D eigenvalue weighted by Crippen LogP contribution is -2.24. The average molecular weight is 329 g/mol. The maximum Gasteiger partial charge on any atom is 0.339 e. The maximum absolute atomic E-state index is 11.8. The largest absolute Gasteiger partial charge is 0.508 e. The van der Waals surface area contributed by atoms with Crippen molar-refractivity contribution in [3.63, 3.8) is 0 Å². The quantitative estimate of drug-likeness (QED) is 0.434. The second-order valence-corrected chi connectivity index (χ2v) is 5.03. The average Bonchev–Trinajstić information content (AvgIpc) is 2.99. The standard InChI is InChI=1S/C14H11N5O3S/c20-9-5-4-8(12(21)6-9)7-15-17-14(22)16-10-2-1-3-11-13(10)19-23-18-11/h1-7,20-21H,(H2,16,17,22)/b15-7+. The van der Waals surface area contributed by atoms with Crippen LogP contribution in [0.1, 0.15) is 5.56 Å². The summed E-state index contributed by atoms with van der Waals surface area (Å²) >= 11 is 1.06. The molecule has 0 bridgehead atoms. The first-order chi connectivity index (χ1) is 11.1. The van der Waals surface area contributed by atoms with Crippen molar-refractivity contribution in [2.45, 2.75) is 0 Å². The fourth-order valence-corrected chi connectivity index (χ4v) is 2.41. The molecule has 0 aliphatic rings. The highest BCUT2D eigenvalue weighted by Crippen LogP contribution is 2.21. The molecule has 1 heterocycles. The number of phenols is 2. The number of hydrogen-bond acceptors (Lipinski definition) is 7. The number of benzene rings is 2. The number of anilines is 1. The Labute approximate surface area is 134 Å². The molecule has 8 nitrogen and oxygen atoms in total. The number of amides is 2. The van der Waals surface area contributed by atoms with Gasteiger partial charge >= 0.3 is 6.03 Å². The zero-order valence-corrected chi connectivity index (χ0v) is 12.4. The number of carbonyl (C=O) groups excluding carboxylic acids is 1. The van der Waals surface area contributed by atoms with Crippen molar-refractivity contribution in [2.75, 3.05) is 5.32 Å². The molecule has 0 fully saturated rings. The van der Waals surface area contributed by atoms with Gasteiger partial charge in [-0.25, -0.2) is 10.2 Å². The normalized spacial score (nSPS) is 11.0. The molecule has 3 rings (SSSR count). The Hall–Kier alpha value is -3.20. The van der Waals surface area contributed by atoms with E-state index < -0.39 is 6.03 Å². The van der Waals surface area contributed by atoms with Crippen LogP contribution in [0.5, 0.6) is 11.5 Å². The van der Waals surface area contributed by atoms with Gasteiger partial charge in [0.2, 0.25) is 0 Å². The number of carbonyl (C=O) groups is 1. The summed E-state index contributed by atoms with van der Waals surface area (Å²) in [6.07, 6.45) is 1.26. The third-order valence-electron chi connectivity index (χ3n) is 2.92. The van der Waals surface area contributed by atoms with Crippen LogP contribution in [-0.2, 0) is 0 Å². The van der Waals surface area contributed by atoms with Crippen LogP contribution >= 0.6 is 11.7 Å². The van der Waals surface area contributed by atoms with E-state index in [9.17, 15) is 15.0 Å². The number of aromatic nitrogens is 2. The van der Waals surface area contributed by atoms with Gasteiger partial charge in [0.15, 0.2) is 0 Å². The van der Waals surface area contributed by atoms with Crippen LogP contribution in [0.4, 0.5) is 10.5 Å². The van der Waals surface area contributed by atoms with Crippen molar-refractivity contribution in [1.29, 1.82) is 0 Å². The van der Waals surface area contributed by atoms with Crippen LogP contribution < -0.4 is 10.7 Å². The van der Waals surface area contributed by atoms with Gasteiger partial charge < -0.3 is 15.5 Å². The molecule has 0 spiro atoms. The predicted molar refractivity (Wildman–Crippen MR) is 86.9 cm³/mol. The van der Waals surface area contributed by atoms with Gasteiger partial charge in [0, 0.05) is 11.6 Å². The second-order valence-electron chi connectivity index (χ2n) is 4.50. The summed E-state index contributed by atoms with van der Waals surface area (Å²) in [6.45, 7) is 0. The van der Waals surface area contributed by atoms with Crippen LogP contribution in [0.25, 0.3) is 11.0 Å². The summed E-state index contributed by atoms with van der Waals surface area (Å²) in [4.78, 5) is 11.8. The van der Waals surface area contributed by atoms with E-state index in [1.165, 1.54) is 24.4 Å². The van der Waals surface area contributed by atoms with E-state index >= 15 is 0 Å². The number of urea groups is 1.